The molecule has 0 spiro atoms. The van der Waals surface area contributed by atoms with Crippen LogP contribution in [0.5, 0.6) is 0 Å². The standard InChI is InChI=1S/C18H25N5S3/c1-11(2)25-17-19-16-14(12-7-5-6-8-13(12)26-16)15-20-21-18(23(15)17)24-10-9-22(3)4/h11H,5-10H2,1-4H3. The van der Waals surface area contributed by atoms with E-state index in [-0.39, 0.29) is 0 Å². The first kappa shape index (κ1) is 18.5. The van der Waals surface area contributed by atoms with Crippen LogP contribution in [0, 0.1) is 0 Å². The zero-order valence-electron chi connectivity index (χ0n) is 15.8. The van der Waals surface area contributed by atoms with Gasteiger partial charge in [0, 0.05) is 22.4 Å². The Labute approximate surface area is 167 Å². The van der Waals surface area contributed by atoms with Crippen LogP contribution in [-0.2, 0) is 12.8 Å². The maximum Gasteiger partial charge on any atom is 0.197 e. The summed E-state index contributed by atoms with van der Waals surface area (Å²) in [6, 6.07) is 0. The minimum Gasteiger partial charge on any atom is -0.309 e. The predicted octanol–water partition coefficient (Wildman–Crippen LogP) is 4.37. The van der Waals surface area contributed by atoms with Crippen molar-refractivity contribution in [2.24, 2.45) is 0 Å². The molecule has 26 heavy (non-hydrogen) atoms. The zero-order valence-corrected chi connectivity index (χ0v) is 18.2. The number of aromatic nitrogens is 4. The van der Waals surface area contributed by atoms with Gasteiger partial charge in [-0.15, -0.1) is 21.5 Å². The fraction of sp³-hybridized carbons (Fsp3) is 0.611. The van der Waals surface area contributed by atoms with Crippen LogP contribution in [0.1, 0.15) is 37.1 Å². The number of rotatable bonds is 6. The molecule has 0 atom stereocenters. The first-order valence-corrected chi connectivity index (χ1v) is 11.9. The Morgan fingerprint density at radius 2 is 1.96 bits per heavy atom. The van der Waals surface area contributed by atoms with Gasteiger partial charge in [0.2, 0.25) is 0 Å². The molecule has 0 N–H and O–H groups in total. The number of thioether (sulfide) groups is 2. The van der Waals surface area contributed by atoms with Crippen molar-refractivity contribution in [3.05, 3.63) is 10.4 Å². The van der Waals surface area contributed by atoms with Crippen LogP contribution in [-0.4, -0.2) is 56.1 Å². The molecule has 8 heteroatoms. The summed E-state index contributed by atoms with van der Waals surface area (Å²) < 4.78 is 2.20. The van der Waals surface area contributed by atoms with Crippen LogP contribution in [0.3, 0.4) is 0 Å². The largest absolute Gasteiger partial charge is 0.309 e. The van der Waals surface area contributed by atoms with E-state index in [1.807, 2.05) is 11.3 Å². The number of hydrogen-bond donors (Lipinski definition) is 0. The van der Waals surface area contributed by atoms with Gasteiger partial charge in [-0.1, -0.05) is 37.4 Å². The highest BCUT2D eigenvalue weighted by molar-refractivity contribution is 8.00. The lowest BCUT2D eigenvalue weighted by Crippen LogP contribution is -2.15. The molecule has 5 nitrogen and oxygen atoms in total. The van der Waals surface area contributed by atoms with Gasteiger partial charge in [0.1, 0.15) is 4.83 Å². The topological polar surface area (TPSA) is 46.3 Å². The van der Waals surface area contributed by atoms with E-state index < -0.39 is 0 Å². The molecule has 4 rings (SSSR count). The lowest BCUT2D eigenvalue weighted by molar-refractivity contribution is 0.437. The van der Waals surface area contributed by atoms with E-state index in [4.69, 9.17) is 4.98 Å². The van der Waals surface area contributed by atoms with Gasteiger partial charge in [0.25, 0.3) is 0 Å². The predicted molar refractivity (Wildman–Crippen MR) is 113 cm³/mol. The molecule has 0 unspecified atom stereocenters. The quantitative estimate of drug-likeness (QED) is 0.447. The molecule has 0 amide bonds. The average molecular weight is 408 g/mol. The molecule has 0 bridgehead atoms. The molecule has 3 heterocycles. The SMILES string of the molecule is CC(C)Sc1nc2sc3c(c2c2nnc(SCCN(C)C)n12)CCCC3. The summed E-state index contributed by atoms with van der Waals surface area (Å²) in [5, 5.41) is 12.9. The summed E-state index contributed by atoms with van der Waals surface area (Å²) >= 11 is 5.44. The maximum absolute atomic E-state index is 5.07. The number of nitrogens with zero attached hydrogens (tertiary/aromatic N) is 5. The fourth-order valence-electron chi connectivity index (χ4n) is 3.30. The van der Waals surface area contributed by atoms with E-state index in [1.165, 1.54) is 35.1 Å². The van der Waals surface area contributed by atoms with Gasteiger partial charge in [0.05, 0.1) is 5.39 Å². The van der Waals surface area contributed by atoms with Crippen LogP contribution in [0.2, 0.25) is 0 Å². The van der Waals surface area contributed by atoms with Gasteiger partial charge in [0.15, 0.2) is 16.0 Å². The smallest absolute Gasteiger partial charge is 0.197 e. The van der Waals surface area contributed by atoms with Crippen LogP contribution in [0.15, 0.2) is 10.3 Å². The summed E-state index contributed by atoms with van der Waals surface area (Å²) in [5.74, 6) is 0.999. The lowest BCUT2D eigenvalue weighted by Gasteiger charge is -2.12. The van der Waals surface area contributed by atoms with Crippen molar-refractivity contribution < 1.29 is 0 Å². The third-order valence-electron chi connectivity index (χ3n) is 4.51. The van der Waals surface area contributed by atoms with Crippen molar-refractivity contribution in [2.45, 2.75) is 55.1 Å². The summed E-state index contributed by atoms with van der Waals surface area (Å²) in [6.45, 7) is 5.45. The van der Waals surface area contributed by atoms with Gasteiger partial charge >= 0.3 is 0 Å². The van der Waals surface area contributed by atoms with Crippen LogP contribution in [0.25, 0.3) is 15.9 Å². The van der Waals surface area contributed by atoms with Crippen LogP contribution >= 0.6 is 34.9 Å². The van der Waals surface area contributed by atoms with Crippen molar-refractivity contribution in [3.8, 4) is 0 Å². The van der Waals surface area contributed by atoms with E-state index in [9.17, 15) is 0 Å². The van der Waals surface area contributed by atoms with Gasteiger partial charge < -0.3 is 4.90 Å². The van der Waals surface area contributed by atoms with E-state index in [2.05, 4.69) is 47.4 Å². The van der Waals surface area contributed by atoms with Crippen molar-refractivity contribution >= 4 is 50.7 Å². The Balaban J connectivity index is 1.86. The van der Waals surface area contributed by atoms with E-state index in [0.29, 0.717) is 5.25 Å². The molecule has 0 saturated heterocycles. The van der Waals surface area contributed by atoms with Crippen molar-refractivity contribution in [1.29, 1.82) is 0 Å². The summed E-state index contributed by atoms with van der Waals surface area (Å²) in [6.07, 6.45) is 4.90. The Bertz CT molecular complexity index is 928. The Hall–Kier alpha value is -0.830. The molecule has 0 fully saturated rings. The minimum atomic E-state index is 0.472. The Morgan fingerprint density at radius 1 is 1.15 bits per heavy atom. The van der Waals surface area contributed by atoms with Gasteiger partial charge in [-0.05, 0) is 45.3 Å². The van der Waals surface area contributed by atoms with Crippen molar-refractivity contribution in [2.75, 3.05) is 26.4 Å². The molecule has 3 aromatic rings. The molecule has 0 radical (unpaired) electrons. The summed E-state index contributed by atoms with van der Waals surface area (Å²) in [5.41, 5.74) is 2.48. The van der Waals surface area contributed by atoms with Gasteiger partial charge in [-0.3, -0.25) is 0 Å². The lowest BCUT2D eigenvalue weighted by atomic mass is 9.97. The monoisotopic (exact) mass is 407 g/mol. The molecular weight excluding hydrogens is 382 g/mol. The molecule has 0 saturated carbocycles. The van der Waals surface area contributed by atoms with Gasteiger partial charge in [-0.25, -0.2) is 9.38 Å². The fourth-order valence-corrected chi connectivity index (χ4v) is 6.56. The van der Waals surface area contributed by atoms with E-state index in [1.54, 1.807) is 23.5 Å². The van der Waals surface area contributed by atoms with Crippen LogP contribution in [0.4, 0.5) is 0 Å². The molecule has 0 aromatic carbocycles. The first-order valence-electron chi connectivity index (χ1n) is 9.18. The average Bonchev–Trinajstić information content (AvgIpc) is 3.15. The second kappa shape index (κ2) is 7.66. The highest BCUT2D eigenvalue weighted by Gasteiger charge is 2.24. The number of hydrogen-bond acceptors (Lipinski definition) is 7. The molecule has 0 aliphatic heterocycles. The van der Waals surface area contributed by atoms with Gasteiger partial charge in [-0.2, -0.15) is 0 Å². The Kier molecular flexibility index (Phi) is 5.46. The van der Waals surface area contributed by atoms with E-state index >= 15 is 0 Å². The zero-order chi connectivity index (χ0) is 18.3. The third kappa shape index (κ3) is 3.48. The van der Waals surface area contributed by atoms with Crippen LogP contribution < -0.4 is 0 Å². The molecular formula is C18H25N5S3. The number of thiophene rings is 1. The summed E-state index contributed by atoms with van der Waals surface area (Å²) in [4.78, 5) is 9.92. The highest BCUT2D eigenvalue weighted by Crippen LogP contribution is 2.40. The molecule has 1 aliphatic rings. The second-order valence-corrected chi connectivity index (χ2v) is 10.9. The van der Waals surface area contributed by atoms with E-state index in [0.717, 1.165) is 39.5 Å². The van der Waals surface area contributed by atoms with Crippen molar-refractivity contribution in [3.63, 3.8) is 0 Å². The van der Waals surface area contributed by atoms with Crippen molar-refractivity contribution in [1.82, 2.24) is 24.5 Å². The molecule has 1 aliphatic carbocycles. The normalized spacial score (nSPS) is 14.8. The number of aryl methyl sites for hydroxylation is 2. The highest BCUT2D eigenvalue weighted by atomic mass is 32.2. The Morgan fingerprint density at radius 3 is 2.73 bits per heavy atom. The second-order valence-electron chi connectivity index (χ2n) is 7.25. The maximum atomic E-state index is 5.07. The summed E-state index contributed by atoms with van der Waals surface area (Å²) in [7, 11) is 4.20. The molecule has 3 aromatic heterocycles. The first-order chi connectivity index (χ1) is 12.5. The third-order valence-corrected chi connectivity index (χ3v) is 7.56. The molecule has 140 valence electrons. The number of fused-ring (bicyclic) bond motifs is 5. The minimum absolute atomic E-state index is 0.472.